The van der Waals surface area contributed by atoms with Crippen LogP contribution in [-0.4, -0.2) is 73.4 Å². The van der Waals surface area contributed by atoms with Crippen molar-refractivity contribution in [3.05, 3.63) is 0 Å². The van der Waals surface area contributed by atoms with E-state index in [2.05, 4.69) is 19.2 Å². The quantitative estimate of drug-likeness (QED) is 0.0318. The number of nitrogens with zero attached hydrogens (tertiary/aromatic N) is 1. The fraction of sp³-hybridized carbons (Fsp3) is 0.984. The van der Waals surface area contributed by atoms with Crippen molar-refractivity contribution in [1.29, 1.82) is 0 Å². The van der Waals surface area contributed by atoms with Crippen LogP contribution in [0.1, 0.15) is 354 Å². The van der Waals surface area contributed by atoms with E-state index in [0.717, 1.165) is 38.5 Å². The molecule has 0 aliphatic carbocycles. The SMILES string of the molecule is CCCCCCCCCCCCCCCCCCCCCCCCCCCCCCCCC(=O)NC(COP(=O)(O)OCC[N+](C)(C)C)C(O)CCCCCCCCCCCCCCCCCCCCCCC. The molecule has 0 aromatic carbocycles. The summed E-state index contributed by atoms with van der Waals surface area (Å²) in [4.78, 5) is 23.4. The molecule has 0 spiro atoms. The molecule has 0 aliphatic rings. The summed E-state index contributed by atoms with van der Waals surface area (Å²) < 4.78 is 23.9. The van der Waals surface area contributed by atoms with E-state index in [4.69, 9.17) is 9.05 Å². The average molecular weight is 1060 g/mol. The fourth-order valence-electron chi connectivity index (χ4n) is 10.5. The number of quaternary nitrogens is 1. The van der Waals surface area contributed by atoms with E-state index in [0.29, 0.717) is 23.9 Å². The zero-order valence-corrected chi connectivity index (χ0v) is 51.1. The van der Waals surface area contributed by atoms with Gasteiger partial charge in [-0.05, 0) is 12.8 Å². The summed E-state index contributed by atoms with van der Waals surface area (Å²) in [6.07, 6.45) is 69.0. The Morgan fingerprint density at radius 3 is 0.918 bits per heavy atom. The van der Waals surface area contributed by atoms with E-state index in [1.54, 1.807) is 0 Å². The monoisotopic (exact) mass is 1060 g/mol. The first-order valence-corrected chi connectivity index (χ1v) is 34.4. The Morgan fingerprint density at radius 1 is 0.411 bits per heavy atom. The highest BCUT2D eigenvalue weighted by molar-refractivity contribution is 7.47. The number of rotatable bonds is 62. The predicted molar refractivity (Wildman–Crippen MR) is 319 cm³/mol. The molecule has 0 heterocycles. The van der Waals surface area contributed by atoms with Crippen LogP contribution in [0.3, 0.4) is 0 Å². The molecule has 0 saturated carbocycles. The van der Waals surface area contributed by atoms with Crippen molar-refractivity contribution in [3.8, 4) is 0 Å². The number of amides is 1. The van der Waals surface area contributed by atoms with Crippen molar-refractivity contribution in [2.45, 2.75) is 366 Å². The lowest BCUT2D eigenvalue weighted by molar-refractivity contribution is -0.870. The number of carbonyl (C=O) groups is 1. The lowest BCUT2D eigenvalue weighted by Crippen LogP contribution is -2.46. The highest BCUT2D eigenvalue weighted by Crippen LogP contribution is 2.43. The molecule has 0 aromatic heterocycles. The van der Waals surface area contributed by atoms with Gasteiger partial charge in [0, 0.05) is 6.42 Å². The molecule has 8 nitrogen and oxygen atoms in total. The summed E-state index contributed by atoms with van der Waals surface area (Å²) in [5, 5.41) is 14.1. The molecule has 438 valence electrons. The first-order chi connectivity index (χ1) is 35.5. The molecule has 3 N–H and O–H groups in total. The van der Waals surface area contributed by atoms with Crippen LogP contribution in [-0.2, 0) is 18.4 Å². The van der Waals surface area contributed by atoms with Gasteiger partial charge in [-0.15, -0.1) is 0 Å². The third-order valence-corrected chi connectivity index (χ3v) is 16.6. The minimum absolute atomic E-state index is 0.0793. The summed E-state index contributed by atoms with van der Waals surface area (Å²) in [5.74, 6) is -0.134. The third-order valence-electron chi connectivity index (χ3n) is 15.6. The Morgan fingerprint density at radius 2 is 0.658 bits per heavy atom. The summed E-state index contributed by atoms with van der Waals surface area (Å²) in [7, 11) is 1.64. The van der Waals surface area contributed by atoms with Gasteiger partial charge < -0.3 is 19.8 Å². The Bertz CT molecular complexity index is 1150. The molecular formula is C64H132N2O6P+. The lowest BCUT2D eigenvalue weighted by Gasteiger charge is -2.26. The van der Waals surface area contributed by atoms with Gasteiger partial charge in [0.05, 0.1) is 39.9 Å². The van der Waals surface area contributed by atoms with Crippen LogP contribution in [0.25, 0.3) is 0 Å². The molecule has 9 heteroatoms. The van der Waals surface area contributed by atoms with E-state index < -0.39 is 20.0 Å². The van der Waals surface area contributed by atoms with Gasteiger partial charge in [-0.2, -0.15) is 0 Å². The predicted octanol–water partition coefficient (Wildman–Crippen LogP) is 20.4. The van der Waals surface area contributed by atoms with Crippen LogP contribution < -0.4 is 5.32 Å². The van der Waals surface area contributed by atoms with Gasteiger partial charge in [0.1, 0.15) is 13.2 Å². The largest absolute Gasteiger partial charge is 0.472 e. The van der Waals surface area contributed by atoms with E-state index in [1.165, 1.54) is 289 Å². The third kappa shape index (κ3) is 59.0. The van der Waals surface area contributed by atoms with Crippen LogP contribution in [0.5, 0.6) is 0 Å². The zero-order chi connectivity index (χ0) is 53.5. The average Bonchev–Trinajstić information content (AvgIpc) is 3.35. The van der Waals surface area contributed by atoms with E-state index in [9.17, 15) is 19.4 Å². The number of likely N-dealkylation sites (N-methyl/N-ethyl adjacent to an activating group) is 1. The molecular weight excluding hydrogens is 924 g/mol. The molecule has 3 atom stereocenters. The molecule has 0 rings (SSSR count). The molecule has 73 heavy (non-hydrogen) atoms. The van der Waals surface area contributed by atoms with Gasteiger partial charge in [0.25, 0.3) is 0 Å². The van der Waals surface area contributed by atoms with Crippen LogP contribution in [0.15, 0.2) is 0 Å². The minimum Gasteiger partial charge on any atom is -0.391 e. The van der Waals surface area contributed by atoms with Crippen LogP contribution in [0.4, 0.5) is 0 Å². The maximum absolute atomic E-state index is 13.0. The van der Waals surface area contributed by atoms with Gasteiger partial charge in [-0.25, -0.2) is 4.57 Å². The summed E-state index contributed by atoms with van der Waals surface area (Å²) >= 11 is 0. The number of hydrogen-bond donors (Lipinski definition) is 3. The maximum atomic E-state index is 13.0. The first-order valence-electron chi connectivity index (χ1n) is 32.9. The van der Waals surface area contributed by atoms with Crippen molar-refractivity contribution >= 4 is 13.7 Å². The van der Waals surface area contributed by atoms with Gasteiger partial charge in [-0.3, -0.25) is 13.8 Å². The highest BCUT2D eigenvalue weighted by atomic mass is 31.2. The van der Waals surface area contributed by atoms with Gasteiger partial charge >= 0.3 is 7.82 Å². The number of aliphatic hydroxyl groups excluding tert-OH is 1. The normalized spacial score (nSPS) is 13.7. The standard InChI is InChI=1S/C64H131N2O6P/c1-6-8-10-12-14-16-18-20-22-24-26-28-29-30-31-32-33-34-35-36-38-40-42-44-46-48-50-52-54-56-58-64(68)65-62(61-72-73(69,70)71-60-59-66(3,4)5)63(67)57-55-53-51-49-47-45-43-41-39-37-27-25-23-21-19-17-15-13-11-9-7-2/h62-63,67H,6-61H2,1-5H3,(H-,65,68,69,70)/p+1. The molecule has 0 bridgehead atoms. The van der Waals surface area contributed by atoms with Crippen LogP contribution in [0, 0.1) is 0 Å². The van der Waals surface area contributed by atoms with E-state index in [1.807, 2.05) is 21.1 Å². The molecule has 1 amide bonds. The van der Waals surface area contributed by atoms with Gasteiger partial charge in [0.15, 0.2) is 0 Å². The smallest absolute Gasteiger partial charge is 0.391 e. The Balaban J connectivity index is 4.00. The Labute approximate surface area is 457 Å². The number of nitrogens with one attached hydrogen (secondary N) is 1. The van der Waals surface area contributed by atoms with Crippen molar-refractivity contribution in [1.82, 2.24) is 5.32 Å². The molecule has 0 aliphatic heterocycles. The number of aliphatic hydroxyl groups is 1. The second-order valence-corrected chi connectivity index (χ2v) is 25.7. The summed E-state index contributed by atoms with van der Waals surface area (Å²) in [6, 6.07) is -0.756. The molecule has 0 fully saturated rings. The molecule has 0 aromatic rings. The Kier molecular flexibility index (Phi) is 55.8. The molecule has 3 unspecified atom stereocenters. The fourth-order valence-corrected chi connectivity index (χ4v) is 11.2. The van der Waals surface area contributed by atoms with Crippen molar-refractivity contribution < 1.29 is 32.9 Å². The first kappa shape index (κ1) is 72.5. The summed E-state index contributed by atoms with van der Waals surface area (Å²) in [5.41, 5.74) is 0. The second kappa shape index (κ2) is 56.2. The van der Waals surface area contributed by atoms with Crippen LogP contribution in [0.2, 0.25) is 0 Å². The number of carbonyl (C=O) groups excluding carboxylic acids is 1. The van der Waals surface area contributed by atoms with E-state index >= 15 is 0 Å². The van der Waals surface area contributed by atoms with Gasteiger partial charge in [-0.1, -0.05) is 335 Å². The second-order valence-electron chi connectivity index (χ2n) is 24.2. The molecule has 0 saturated heterocycles. The maximum Gasteiger partial charge on any atom is 0.472 e. The number of unbranched alkanes of at least 4 members (excludes halogenated alkanes) is 49. The highest BCUT2D eigenvalue weighted by Gasteiger charge is 2.28. The number of phosphoric ester groups is 1. The van der Waals surface area contributed by atoms with Gasteiger partial charge in [0.2, 0.25) is 5.91 Å². The zero-order valence-electron chi connectivity index (χ0n) is 50.2. The lowest BCUT2D eigenvalue weighted by atomic mass is 10.0. The van der Waals surface area contributed by atoms with Crippen LogP contribution >= 0.6 is 7.82 Å². The summed E-state index contributed by atoms with van der Waals surface area (Å²) in [6.45, 7) is 4.96. The number of phosphoric acid groups is 1. The number of hydrogen-bond acceptors (Lipinski definition) is 5. The minimum atomic E-state index is -4.32. The molecule has 0 radical (unpaired) electrons. The topological polar surface area (TPSA) is 105 Å². The van der Waals surface area contributed by atoms with Crippen molar-refractivity contribution in [2.24, 2.45) is 0 Å². The van der Waals surface area contributed by atoms with E-state index in [-0.39, 0.29) is 19.1 Å². The Hall–Kier alpha value is -0.500. The van der Waals surface area contributed by atoms with Crippen molar-refractivity contribution in [2.75, 3.05) is 40.9 Å². The van der Waals surface area contributed by atoms with Crippen molar-refractivity contribution in [3.63, 3.8) is 0 Å².